The zero-order valence-corrected chi connectivity index (χ0v) is 17.8. The van der Waals surface area contributed by atoms with Gasteiger partial charge in [0.05, 0.1) is 11.9 Å². The number of aromatic amines is 1. The van der Waals surface area contributed by atoms with Crippen LogP contribution in [-0.4, -0.2) is 43.5 Å². The van der Waals surface area contributed by atoms with Crippen molar-refractivity contribution in [3.63, 3.8) is 0 Å². The molecule has 2 aliphatic heterocycles. The quantitative estimate of drug-likeness (QED) is 0.568. The maximum Gasteiger partial charge on any atom is 0.270 e. The van der Waals surface area contributed by atoms with Gasteiger partial charge in [0.25, 0.3) is 5.91 Å². The minimum atomic E-state index is -3.57. The van der Waals surface area contributed by atoms with Gasteiger partial charge in [0.1, 0.15) is 16.4 Å². The number of rotatable bonds is 2. The highest BCUT2D eigenvalue weighted by atomic mass is 32.2. The number of anilines is 1. The number of aromatic nitrogens is 1. The fraction of sp³-hybridized carbons (Fsp3) is 0.318. The summed E-state index contributed by atoms with van der Waals surface area (Å²) >= 11 is 0. The molecule has 2 aromatic carbocycles. The van der Waals surface area contributed by atoms with Gasteiger partial charge < -0.3 is 15.2 Å². The summed E-state index contributed by atoms with van der Waals surface area (Å²) in [6, 6.07) is 11.3. The third-order valence-corrected chi connectivity index (χ3v) is 7.80. The van der Waals surface area contributed by atoms with Crippen LogP contribution in [0.3, 0.4) is 0 Å². The second-order valence-corrected chi connectivity index (χ2v) is 9.87. The molecule has 3 heterocycles. The van der Waals surface area contributed by atoms with Gasteiger partial charge in [-0.1, -0.05) is 12.1 Å². The van der Waals surface area contributed by atoms with Gasteiger partial charge in [-0.15, -0.1) is 0 Å². The minimum absolute atomic E-state index is 0.0603. The number of H-pyrrole nitrogens is 1. The Morgan fingerprint density at radius 1 is 1.13 bits per heavy atom. The number of piperidine rings is 1. The number of nitrogens with one attached hydrogen (secondary N) is 3. The molecule has 1 atom stereocenters. The van der Waals surface area contributed by atoms with E-state index in [4.69, 9.17) is 0 Å². The average Bonchev–Trinajstić information content (AvgIpc) is 3.09. The molecule has 0 aliphatic carbocycles. The Morgan fingerprint density at radius 2 is 1.87 bits per heavy atom. The lowest BCUT2D eigenvalue weighted by molar-refractivity contribution is 0.0673. The molecule has 31 heavy (non-hydrogen) atoms. The molecule has 3 N–H and O–H groups in total. The molecular weight excluding hydrogens is 419 g/mol. The number of hydrogen-bond acceptors (Lipinski definition) is 4. The highest BCUT2D eigenvalue weighted by Crippen LogP contribution is 2.31. The summed E-state index contributed by atoms with van der Waals surface area (Å²) < 4.78 is 41.5. The van der Waals surface area contributed by atoms with Gasteiger partial charge in [-0.05, 0) is 61.6 Å². The molecule has 0 bridgehead atoms. The van der Waals surface area contributed by atoms with E-state index in [1.165, 1.54) is 12.1 Å². The van der Waals surface area contributed by atoms with E-state index in [-0.39, 0.29) is 22.5 Å². The van der Waals surface area contributed by atoms with Crippen molar-refractivity contribution in [2.75, 3.05) is 18.4 Å². The van der Waals surface area contributed by atoms with Crippen LogP contribution in [0, 0.1) is 18.7 Å². The molecule has 9 heteroatoms. The van der Waals surface area contributed by atoms with Crippen LogP contribution >= 0.6 is 0 Å². The van der Waals surface area contributed by atoms with Gasteiger partial charge in [0.15, 0.2) is 0 Å². The lowest BCUT2D eigenvalue weighted by Crippen LogP contribution is -2.52. The monoisotopic (exact) mass is 442 g/mol. The summed E-state index contributed by atoms with van der Waals surface area (Å²) in [7, 11) is -3.57. The van der Waals surface area contributed by atoms with Gasteiger partial charge in [0.2, 0.25) is 10.0 Å². The van der Waals surface area contributed by atoms with E-state index in [9.17, 15) is 17.6 Å². The Morgan fingerprint density at radius 3 is 2.65 bits per heavy atom. The third-order valence-electron chi connectivity index (χ3n) is 6.30. The minimum Gasteiger partial charge on any atom is -0.368 e. The van der Waals surface area contributed by atoms with E-state index in [1.807, 2.05) is 6.92 Å². The Hall–Kier alpha value is -2.91. The SMILES string of the molecule is Cc1c(C(=O)N2CCC(C3Nc4ccccc4S(=O)(=O)N3)CC2)[nH]c2ccc(F)cc12. The second-order valence-electron chi connectivity index (χ2n) is 8.18. The smallest absolute Gasteiger partial charge is 0.270 e. The van der Waals surface area contributed by atoms with Crippen LogP contribution in [0.1, 0.15) is 28.9 Å². The largest absolute Gasteiger partial charge is 0.368 e. The highest BCUT2D eigenvalue weighted by Gasteiger charge is 2.36. The lowest BCUT2D eigenvalue weighted by atomic mass is 9.93. The average molecular weight is 443 g/mol. The van der Waals surface area contributed by atoms with Crippen molar-refractivity contribution in [3.05, 3.63) is 59.5 Å². The molecule has 2 aliphatic rings. The molecule has 3 aromatic rings. The topological polar surface area (TPSA) is 94.3 Å². The van der Waals surface area contributed by atoms with Crippen LogP contribution in [0.4, 0.5) is 10.1 Å². The normalized spacial score (nSPS) is 21.0. The maximum absolute atomic E-state index is 13.6. The van der Waals surface area contributed by atoms with Crippen LogP contribution in [0.2, 0.25) is 0 Å². The molecule has 162 valence electrons. The summed E-state index contributed by atoms with van der Waals surface area (Å²) in [6.45, 7) is 2.86. The van der Waals surface area contributed by atoms with Crippen molar-refractivity contribution < 1.29 is 17.6 Å². The van der Waals surface area contributed by atoms with Crippen LogP contribution < -0.4 is 10.0 Å². The zero-order chi connectivity index (χ0) is 21.8. The summed E-state index contributed by atoms with van der Waals surface area (Å²) in [6.07, 6.45) is 0.930. The number of benzene rings is 2. The first-order valence-corrected chi connectivity index (χ1v) is 11.8. The van der Waals surface area contributed by atoms with Gasteiger partial charge in [-0.2, -0.15) is 4.72 Å². The number of hydrogen-bond donors (Lipinski definition) is 3. The lowest BCUT2D eigenvalue weighted by Gasteiger charge is -2.38. The molecule has 1 unspecified atom stereocenters. The Bertz CT molecular complexity index is 1280. The van der Waals surface area contributed by atoms with Gasteiger partial charge >= 0.3 is 0 Å². The fourth-order valence-corrected chi connectivity index (χ4v) is 5.96. The predicted molar refractivity (Wildman–Crippen MR) is 116 cm³/mol. The zero-order valence-electron chi connectivity index (χ0n) is 17.0. The number of halogens is 1. The Kier molecular flexibility index (Phi) is 4.75. The first-order valence-electron chi connectivity index (χ1n) is 10.3. The van der Waals surface area contributed by atoms with Crippen molar-refractivity contribution in [1.29, 1.82) is 0 Å². The van der Waals surface area contributed by atoms with Crippen LogP contribution in [-0.2, 0) is 10.0 Å². The number of amides is 1. The number of nitrogens with zero attached hydrogens (tertiary/aromatic N) is 1. The number of carbonyl (C=O) groups is 1. The van der Waals surface area contributed by atoms with Crippen molar-refractivity contribution in [3.8, 4) is 0 Å². The Labute approximate surface area is 179 Å². The van der Waals surface area contributed by atoms with Crippen molar-refractivity contribution in [2.45, 2.75) is 30.8 Å². The first kappa shape index (κ1) is 20.0. The third kappa shape index (κ3) is 3.47. The van der Waals surface area contributed by atoms with Crippen molar-refractivity contribution >= 4 is 32.5 Å². The molecule has 5 rings (SSSR count). The Balaban J connectivity index is 1.30. The number of sulfonamides is 1. The van der Waals surface area contributed by atoms with Gasteiger partial charge in [-0.25, -0.2) is 12.8 Å². The number of fused-ring (bicyclic) bond motifs is 2. The van der Waals surface area contributed by atoms with E-state index in [2.05, 4.69) is 15.0 Å². The van der Waals surface area contributed by atoms with Gasteiger partial charge in [-0.3, -0.25) is 4.79 Å². The molecular formula is C22H23FN4O3S. The van der Waals surface area contributed by atoms with Crippen LogP contribution in [0.15, 0.2) is 47.4 Å². The molecule has 1 amide bonds. The van der Waals surface area contributed by atoms with E-state index < -0.39 is 16.2 Å². The first-order chi connectivity index (χ1) is 14.8. The molecule has 0 saturated carbocycles. The van der Waals surface area contributed by atoms with Crippen molar-refractivity contribution in [2.24, 2.45) is 5.92 Å². The van der Waals surface area contributed by atoms with E-state index in [1.54, 1.807) is 35.2 Å². The van der Waals surface area contributed by atoms with Crippen molar-refractivity contribution in [1.82, 2.24) is 14.6 Å². The van der Waals surface area contributed by atoms with Crippen LogP contribution in [0.5, 0.6) is 0 Å². The van der Waals surface area contributed by atoms with E-state index >= 15 is 0 Å². The fourth-order valence-electron chi connectivity index (χ4n) is 4.57. The van der Waals surface area contributed by atoms with E-state index in [0.29, 0.717) is 42.7 Å². The maximum atomic E-state index is 13.6. The van der Waals surface area contributed by atoms with Crippen LogP contribution in [0.25, 0.3) is 10.9 Å². The molecule has 1 aromatic heterocycles. The standard InChI is InChI=1S/C22H23FN4O3S/c1-13-16-12-15(23)6-7-17(16)24-20(13)22(28)27-10-8-14(9-11-27)21-25-18-4-2-3-5-19(18)31(29,30)26-21/h2-7,12,14,21,24-26H,8-11H2,1H3. The van der Waals surface area contributed by atoms with E-state index in [0.717, 1.165) is 11.1 Å². The summed E-state index contributed by atoms with van der Waals surface area (Å²) in [5.41, 5.74) is 2.55. The number of para-hydroxylation sites is 1. The number of aryl methyl sites for hydroxylation is 1. The van der Waals surface area contributed by atoms with Gasteiger partial charge in [0, 0.05) is 24.0 Å². The molecule has 1 fully saturated rings. The second kappa shape index (κ2) is 7.35. The summed E-state index contributed by atoms with van der Waals surface area (Å²) in [5, 5.41) is 4.00. The molecule has 1 saturated heterocycles. The molecule has 0 radical (unpaired) electrons. The number of likely N-dealkylation sites (tertiary alicyclic amines) is 1. The molecule has 0 spiro atoms. The molecule has 7 nitrogen and oxygen atoms in total. The predicted octanol–water partition coefficient (Wildman–Crippen LogP) is 3.20. The number of carbonyl (C=O) groups excluding carboxylic acids is 1. The summed E-state index contributed by atoms with van der Waals surface area (Å²) in [5.74, 6) is -0.390. The summed E-state index contributed by atoms with van der Waals surface area (Å²) in [4.78, 5) is 18.2. The highest BCUT2D eigenvalue weighted by molar-refractivity contribution is 7.89.